The molecule has 7 nitrogen and oxygen atoms in total. The molecule has 0 radical (unpaired) electrons. The number of nitriles is 1. The van der Waals surface area contributed by atoms with Crippen LogP contribution < -0.4 is 9.47 Å². The predicted octanol–water partition coefficient (Wildman–Crippen LogP) is 7.74. The van der Waals surface area contributed by atoms with E-state index in [0.29, 0.717) is 38.2 Å². The van der Waals surface area contributed by atoms with Crippen molar-refractivity contribution in [2.45, 2.75) is 30.8 Å². The number of methoxy groups -OCH3 is 2. The minimum atomic E-state index is -1.95. The molecule has 5 rings (SSSR count). The van der Waals surface area contributed by atoms with Gasteiger partial charge in [-0.1, -0.05) is 59.6 Å². The zero-order chi connectivity index (χ0) is 33.1. The molecule has 0 amide bonds. The van der Waals surface area contributed by atoms with E-state index < -0.39 is 40.5 Å². The molecule has 1 saturated carbocycles. The first-order valence-corrected chi connectivity index (χ1v) is 15.5. The third-order valence-corrected chi connectivity index (χ3v) is 9.45. The van der Waals surface area contributed by atoms with Crippen molar-refractivity contribution in [1.82, 2.24) is 0 Å². The van der Waals surface area contributed by atoms with Crippen molar-refractivity contribution in [3.63, 3.8) is 0 Å². The van der Waals surface area contributed by atoms with Crippen molar-refractivity contribution >= 4 is 35.0 Å². The Bertz CT molecular complexity index is 1740. The fraction of sp³-hybridized carbons (Fsp3) is 0.270. The predicted molar refractivity (Wildman–Crippen MR) is 175 cm³/mol. The maximum atomic E-state index is 14.9. The second-order valence-electron chi connectivity index (χ2n) is 11.3. The lowest BCUT2D eigenvalue weighted by Crippen LogP contribution is -2.59. The highest BCUT2D eigenvalue weighted by molar-refractivity contribution is 6.31. The quantitative estimate of drug-likeness (QED) is 0.145. The number of esters is 1. The number of halogens is 2. The van der Waals surface area contributed by atoms with Crippen LogP contribution >= 0.6 is 23.2 Å². The van der Waals surface area contributed by atoms with Crippen molar-refractivity contribution in [3.8, 4) is 17.6 Å². The Balaban J connectivity index is 1.88. The van der Waals surface area contributed by atoms with Gasteiger partial charge in [-0.05, 0) is 90.7 Å². The van der Waals surface area contributed by atoms with Crippen LogP contribution in [0.5, 0.6) is 11.5 Å². The molecule has 1 fully saturated rings. The molecule has 4 aromatic carbocycles. The van der Waals surface area contributed by atoms with E-state index in [-0.39, 0.29) is 18.6 Å². The number of benzene rings is 4. The zero-order valence-corrected chi connectivity index (χ0v) is 27.1. The first kappa shape index (κ1) is 33.0. The SMILES string of the molecule is CCOC(=O)[C@]1(C#N)[C@@H](c2ccc(OC)cc2)C[C@](O)(c2ccc(Cl)cc2)[C@H](C(=O)c2ccc(Cl)cc2)[C@@H]1c1ccc(OC)cc1. The Morgan fingerprint density at radius 3 is 1.80 bits per heavy atom. The van der Waals surface area contributed by atoms with E-state index >= 15 is 0 Å². The van der Waals surface area contributed by atoms with Gasteiger partial charge in [0.2, 0.25) is 0 Å². The fourth-order valence-corrected chi connectivity index (χ4v) is 7.00. The van der Waals surface area contributed by atoms with Crippen LogP contribution in [0.1, 0.15) is 52.2 Å². The van der Waals surface area contributed by atoms with Crippen molar-refractivity contribution in [2.75, 3.05) is 20.8 Å². The Morgan fingerprint density at radius 1 is 0.826 bits per heavy atom. The van der Waals surface area contributed by atoms with Crippen LogP contribution in [0.15, 0.2) is 97.1 Å². The Morgan fingerprint density at radius 2 is 1.33 bits per heavy atom. The van der Waals surface area contributed by atoms with Gasteiger partial charge in [0.1, 0.15) is 17.1 Å². The summed E-state index contributed by atoms with van der Waals surface area (Å²) < 4.78 is 16.4. The van der Waals surface area contributed by atoms with Crippen molar-refractivity contribution in [2.24, 2.45) is 11.3 Å². The Kier molecular flexibility index (Phi) is 9.74. The summed E-state index contributed by atoms with van der Waals surface area (Å²) in [6.07, 6.45) is -0.163. The van der Waals surface area contributed by atoms with E-state index in [1.165, 1.54) is 7.11 Å². The summed E-state index contributed by atoms with van der Waals surface area (Å²) in [5.41, 5.74) is -2.09. The van der Waals surface area contributed by atoms with Crippen LogP contribution in [-0.4, -0.2) is 37.7 Å². The zero-order valence-electron chi connectivity index (χ0n) is 25.6. The molecule has 236 valence electrons. The number of hydrogen-bond donors (Lipinski definition) is 1. The summed E-state index contributed by atoms with van der Waals surface area (Å²) in [5.74, 6) is -3.58. The van der Waals surface area contributed by atoms with E-state index in [4.69, 9.17) is 37.4 Å². The lowest BCUT2D eigenvalue weighted by atomic mass is 9.47. The highest BCUT2D eigenvalue weighted by Gasteiger charge is 2.67. The molecule has 0 unspecified atom stereocenters. The van der Waals surface area contributed by atoms with Gasteiger partial charge in [-0.3, -0.25) is 9.59 Å². The number of carbonyl (C=O) groups is 2. The molecule has 1 N–H and O–H groups in total. The first-order valence-electron chi connectivity index (χ1n) is 14.8. The van der Waals surface area contributed by atoms with Gasteiger partial charge in [0, 0.05) is 27.4 Å². The van der Waals surface area contributed by atoms with E-state index in [9.17, 15) is 20.0 Å². The molecule has 0 aliphatic heterocycles. The van der Waals surface area contributed by atoms with Crippen molar-refractivity contribution in [3.05, 3.63) is 129 Å². The summed E-state index contributed by atoms with van der Waals surface area (Å²) in [4.78, 5) is 29.2. The van der Waals surface area contributed by atoms with Gasteiger partial charge in [-0.15, -0.1) is 0 Å². The highest BCUT2D eigenvalue weighted by Crippen LogP contribution is 2.64. The summed E-state index contributed by atoms with van der Waals surface area (Å²) >= 11 is 12.4. The number of hydrogen-bond acceptors (Lipinski definition) is 7. The minimum absolute atomic E-state index is 0.00414. The second-order valence-corrected chi connectivity index (χ2v) is 12.1. The monoisotopic (exact) mass is 657 g/mol. The van der Waals surface area contributed by atoms with Gasteiger partial charge in [-0.25, -0.2) is 0 Å². The molecule has 9 heteroatoms. The topological polar surface area (TPSA) is 106 Å². The normalized spacial score (nSPS) is 24.0. The first-order chi connectivity index (χ1) is 22.1. The van der Waals surface area contributed by atoms with Gasteiger partial charge in [0.25, 0.3) is 0 Å². The molecule has 0 aromatic heterocycles. The molecule has 0 bridgehead atoms. The average Bonchev–Trinajstić information content (AvgIpc) is 3.08. The number of nitrogens with zero attached hydrogens (tertiary/aromatic N) is 1. The van der Waals surface area contributed by atoms with Gasteiger partial charge in [-0.2, -0.15) is 5.26 Å². The Hall–Kier alpha value is -4.35. The smallest absolute Gasteiger partial charge is 0.327 e. The molecule has 0 saturated heterocycles. The number of carbonyl (C=O) groups excluding carboxylic acids is 2. The molecule has 1 aliphatic rings. The van der Waals surface area contributed by atoms with Crippen LogP contribution in [0.4, 0.5) is 0 Å². The number of ether oxygens (including phenoxy) is 3. The van der Waals surface area contributed by atoms with Crippen molar-refractivity contribution < 1.29 is 28.9 Å². The number of Topliss-reactive ketones (excluding diaryl/α,β-unsaturated/α-hetero) is 1. The standard InChI is InChI=1S/C37H33Cl2NO6/c1-4-46-35(42)36(22-40)31(23-7-17-29(44-2)18-8-23)21-37(43,26-11-15-28(39)16-12-26)33(34(41)25-5-13-27(38)14-6-25)32(36)24-9-19-30(45-3)20-10-24/h5-20,31-33,43H,4,21H2,1-3H3/t31-,32+,33+,36-,37+/m1/s1. The fourth-order valence-electron chi connectivity index (χ4n) is 6.75. The molecule has 0 spiro atoms. The van der Waals surface area contributed by atoms with E-state index in [1.54, 1.807) is 111 Å². The minimum Gasteiger partial charge on any atom is -0.497 e. The Labute approximate surface area is 278 Å². The van der Waals surface area contributed by atoms with Crippen LogP contribution in [-0.2, 0) is 15.1 Å². The maximum Gasteiger partial charge on any atom is 0.327 e. The molecule has 1 aliphatic carbocycles. The molecule has 4 aromatic rings. The second kappa shape index (κ2) is 13.6. The summed E-state index contributed by atoms with van der Waals surface area (Å²) in [6.45, 7) is 1.67. The van der Waals surface area contributed by atoms with E-state index in [1.807, 2.05) is 0 Å². The van der Waals surface area contributed by atoms with Gasteiger partial charge in [0.15, 0.2) is 11.2 Å². The van der Waals surface area contributed by atoms with Gasteiger partial charge in [0.05, 0.1) is 32.8 Å². The van der Waals surface area contributed by atoms with E-state index in [2.05, 4.69) is 6.07 Å². The van der Waals surface area contributed by atoms with E-state index in [0.717, 1.165) is 0 Å². The largest absolute Gasteiger partial charge is 0.497 e. The molecule has 5 atom stereocenters. The molecule has 0 heterocycles. The summed E-state index contributed by atoms with van der Waals surface area (Å²) in [5, 5.41) is 25.2. The molecular formula is C37H33Cl2NO6. The van der Waals surface area contributed by atoms with Crippen LogP contribution in [0.2, 0.25) is 10.0 Å². The van der Waals surface area contributed by atoms with Crippen molar-refractivity contribution in [1.29, 1.82) is 5.26 Å². The molecule has 46 heavy (non-hydrogen) atoms. The van der Waals surface area contributed by atoms with Gasteiger partial charge < -0.3 is 19.3 Å². The van der Waals surface area contributed by atoms with Crippen LogP contribution in [0, 0.1) is 22.7 Å². The number of rotatable bonds is 9. The van der Waals surface area contributed by atoms with Gasteiger partial charge >= 0.3 is 5.97 Å². The van der Waals surface area contributed by atoms with Crippen LogP contribution in [0.3, 0.4) is 0 Å². The molecular weight excluding hydrogens is 625 g/mol. The number of aliphatic hydroxyl groups is 1. The number of ketones is 1. The summed E-state index contributed by atoms with van der Waals surface area (Å²) in [7, 11) is 3.07. The maximum absolute atomic E-state index is 14.9. The third kappa shape index (κ3) is 5.85. The lowest BCUT2D eigenvalue weighted by molar-refractivity contribution is -0.164. The van der Waals surface area contributed by atoms with Crippen LogP contribution in [0.25, 0.3) is 0 Å². The third-order valence-electron chi connectivity index (χ3n) is 8.95. The highest BCUT2D eigenvalue weighted by atomic mass is 35.5. The average molecular weight is 659 g/mol. The summed E-state index contributed by atoms with van der Waals surface area (Å²) in [6, 6.07) is 29.1. The lowest BCUT2D eigenvalue weighted by Gasteiger charge is -2.54.